The number of amides is 1. The fourth-order valence-corrected chi connectivity index (χ4v) is 3.72. The molecule has 2 N–H and O–H groups in total. The van der Waals surface area contributed by atoms with Gasteiger partial charge in [0.25, 0.3) is 0 Å². The van der Waals surface area contributed by atoms with E-state index >= 15 is 0 Å². The Labute approximate surface area is 159 Å². The van der Waals surface area contributed by atoms with Crippen LogP contribution in [-0.2, 0) is 9.53 Å². The van der Waals surface area contributed by atoms with E-state index in [2.05, 4.69) is 29.6 Å². The second-order valence-corrected chi connectivity index (χ2v) is 7.46. The van der Waals surface area contributed by atoms with Crippen LogP contribution in [0.2, 0.25) is 0 Å². The Morgan fingerprint density at radius 3 is 2.07 bits per heavy atom. The van der Waals surface area contributed by atoms with Crippen molar-refractivity contribution in [2.45, 2.75) is 39.2 Å². The van der Waals surface area contributed by atoms with E-state index in [1.807, 2.05) is 31.2 Å². The van der Waals surface area contributed by atoms with E-state index in [9.17, 15) is 14.7 Å². The summed E-state index contributed by atoms with van der Waals surface area (Å²) >= 11 is 0. The number of fused-ring (bicyclic) bond motifs is 3. The Morgan fingerprint density at radius 2 is 1.59 bits per heavy atom. The maximum atomic E-state index is 12.3. The third kappa shape index (κ3) is 3.54. The predicted octanol–water partition coefficient (Wildman–Crippen LogP) is 4.41. The number of aliphatic carboxylic acids is 1. The highest BCUT2D eigenvalue weighted by Gasteiger charge is 2.37. The Balaban J connectivity index is 1.72. The van der Waals surface area contributed by atoms with Crippen molar-refractivity contribution in [1.29, 1.82) is 0 Å². The molecule has 0 spiro atoms. The normalized spacial score (nSPS) is 14.2. The number of benzene rings is 2. The lowest BCUT2D eigenvalue weighted by molar-refractivity contribution is -0.148. The van der Waals surface area contributed by atoms with Crippen LogP contribution in [0, 0.1) is 5.41 Å². The first kappa shape index (κ1) is 19.0. The number of carbonyl (C=O) groups is 2. The molecule has 1 atom stereocenters. The molecule has 1 amide bonds. The first-order valence-corrected chi connectivity index (χ1v) is 9.21. The van der Waals surface area contributed by atoms with Gasteiger partial charge in [0, 0.05) is 12.0 Å². The molecule has 0 heterocycles. The summed E-state index contributed by atoms with van der Waals surface area (Å²) in [5, 5.41) is 12.1. The van der Waals surface area contributed by atoms with E-state index in [1.165, 1.54) is 11.1 Å². The van der Waals surface area contributed by atoms with E-state index in [-0.39, 0.29) is 12.5 Å². The van der Waals surface area contributed by atoms with Crippen LogP contribution in [0.5, 0.6) is 0 Å². The lowest BCUT2D eigenvalue weighted by Crippen LogP contribution is -2.48. The number of carbonyl (C=O) groups excluding carboxylic acids is 1. The second-order valence-electron chi connectivity index (χ2n) is 7.46. The monoisotopic (exact) mass is 367 g/mol. The molecule has 142 valence electrons. The van der Waals surface area contributed by atoms with Gasteiger partial charge < -0.3 is 15.2 Å². The van der Waals surface area contributed by atoms with Crippen molar-refractivity contribution in [3.63, 3.8) is 0 Å². The van der Waals surface area contributed by atoms with E-state index in [0.717, 1.165) is 11.1 Å². The molecule has 0 radical (unpaired) electrons. The highest BCUT2D eigenvalue weighted by atomic mass is 16.5. The van der Waals surface area contributed by atoms with Gasteiger partial charge in [-0.2, -0.15) is 0 Å². The molecule has 0 saturated carbocycles. The molecule has 1 aliphatic carbocycles. The number of hydrogen-bond acceptors (Lipinski definition) is 3. The van der Waals surface area contributed by atoms with E-state index < -0.39 is 23.5 Å². The van der Waals surface area contributed by atoms with Gasteiger partial charge in [0.05, 0.1) is 5.41 Å². The summed E-state index contributed by atoms with van der Waals surface area (Å²) in [7, 11) is 0. The standard InChI is InChI=1S/C22H25NO4/c1-4-19(22(2,3)20(24)25)23-21(26)27-13-18-16-11-7-5-9-14(16)15-10-6-8-12-17(15)18/h5-12,18-19H,4,13H2,1-3H3,(H,23,26)(H,24,25). The van der Waals surface area contributed by atoms with Crippen LogP contribution in [0.3, 0.4) is 0 Å². The molecule has 5 nitrogen and oxygen atoms in total. The molecule has 0 aliphatic heterocycles. The molecule has 5 heteroatoms. The van der Waals surface area contributed by atoms with Crippen molar-refractivity contribution in [2.24, 2.45) is 5.41 Å². The fraction of sp³-hybridized carbons (Fsp3) is 0.364. The number of hydrogen-bond donors (Lipinski definition) is 2. The smallest absolute Gasteiger partial charge is 0.407 e. The summed E-state index contributed by atoms with van der Waals surface area (Å²) in [4.78, 5) is 23.8. The topological polar surface area (TPSA) is 75.6 Å². The van der Waals surface area contributed by atoms with Gasteiger partial charge in [-0.25, -0.2) is 4.79 Å². The minimum absolute atomic E-state index is 0.0179. The molecule has 1 unspecified atom stereocenters. The van der Waals surface area contributed by atoms with Crippen molar-refractivity contribution in [1.82, 2.24) is 5.32 Å². The second kappa shape index (κ2) is 7.43. The number of rotatable bonds is 6. The summed E-state index contributed by atoms with van der Waals surface area (Å²) in [5.41, 5.74) is 3.55. The number of carboxylic acids is 1. The summed E-state index contributed by atoms with van der Waals surface area (Å²) < 4.78 is 5.50. The number of nitrogens with one attached hydrogen (secondary N) is 1. The molecule has 0 aromatic heterocycles. The minimum atomic E-state index is -1.07. The Kier molecular flexibility index (Phi) is 5.22. The van der Waals surface area contributed by atoms with Gasteiger partial charge >= 0.3 is 12.1 Å². The molecule has 0 fully saturated rings. The van der Waals surface area contributed by atoms with Crippen LogP contribution in [-0.4, -0.2) is 29.8 Å². The van der Waals surface area contributed by atoms with Crippen LogP contribution in [0.15, 0.2) is 48.5 Å². The Morgan fingerprint density at radius 1 is 1.07 bits per heavy atom. The molecule has 1 aliphatic rings. The Hall–Kier alpha value is -2.82. The Bertz CT molecular complexity index is 813. The van der Waals surface area contributed by atoms with Crippen molar-refractivity contribution in [2.75, 3.05) is 6.61 Å². The average molecular weight is 367 g/mol. The van der Waals surface area contributed by atoms with Crippen LogP contribution < -0.4 is 5.32 Å². The molecule has 2 aromatic rings. The van der Waals surface area contributed by atoms with Crippen LogP contribution in [0.25, 0.3) is 11.1 Å². The van der Waals surface area contributed by atoms with Gasteiger partial charge in [-0.15, -0.1) is 0 Å². The first-order valence-electron chi connectivity index (χ1n) is 9.21. The highest BCUT2D eigenvalue weighted by molar-refractivity contribution is 5.79. The molecule has 0 saturated heterocycles. The maximum Gasteiger partial charge on any atom is 0.407 e. The highest BCUT2D eigenvalue weighted by Crippen LogP contribution is 2.44. The quantitative estimate of drug-likeness (QED) is 0.793. The zero-order valence-corrected chi connectivity index (χ0v) is 15.9. The number of ether oxygens (including phenoxy) is 1. The van der Waals surface area contributed by atoms with Gasteiger partial charge in [-0.1, -0.05) is 55.5 Å². The average Bonchev–Trinajstić information content (AvgIpc) is 2.98. The molecule has 2 aromatic carbocycles. The van der Waals surface area contributed by atoms with Crippen molar-refractivity contribution in [3.8, 4) is 11.1 Å². The number of alkyl carbamates (subject to hydrolysis) is 1. The molecule has 27 heavy (non-hydrogen) atoms. The maximum absolute atomic E-state index is 12.3. The van der Waals surface area contributed by atoms with Crippen molar-refractivity contribution in [3.05, 3.63) is 59.7 Å². The lowest BCUT2D eigenvalue weighted by Gasteiger charge is -2.30. The van der Waals surface area contributed by atoms with E-state index in [0.29, 0.717) is 6.42 Å². The zero-order valence-electron chi connectivity index (χ0n) is 15.9. The SMILES string of the molecule is CCC(NC(=O)OCC1c2ccccc2-c2ccccc21)C(C)(C)C(=O)O. The minimum Gasteiger partial charge on any atom is -0.481 e. The van der Waals surface area contributed by atoms with Crippen molar-refractivity contribution < 1.29 is 19.4 Å². The van der Waals surface area contributed by atoms with E-state index in [1.54, 1.807) is 13.8 Å². The van der Waals surface area contributed by atoms with Gasteiger partial charge in [0.1, 0.15) is 6.61 Å². The van der Waals surface area contributed by atoms with Gasteiger partial charge in [0.2, 0.25) is 0 Å². The van der Waals surface area contributed by atoms with Gasteiger partial charge in [-0.3, -0.25) is 4.79 Å². The number of carboxylic acid groups (broad SMARTS) is 1. The van der Waals surface area contributed by atoms with Gasteiger partial charge in [-0.05, 0) is 42.5 Å². The first-order chi connectivity index (χ1) is 12.9. The largest absolute Gasteiger partial charge is 0.481 e. The van der Waals surface area contributed by atoms with Crippen LogP contribution in [0.4, 0.5) is 4.79 Å². The summed E-state index contributed by atoms with van der Waals surface area (Å²) in [5.74, 6) is -0.969. The third-order valence-corrected chi connectivity index (χ3v) is 5.47. The molecular weight excluding hydrogens is 342 g/mol. The molecule has 3 rings (SSSR count). The predicted molar refractivity (Wildman–Crippen MR) is 104 cm³/mol. The summed E-state index contributed by atoms with van der Waals surface area (Å²) in [6, 6.07) is 15.8. The van der Waals surface area contributed by atoms with E-state index in [4.69, 9.17) is 4.74 Å². The van der Waals surface area contributed by atoms with Crippen molar-refractivity contribution >= 4 is 12.1 Å². The zero-order chi connectivity index (χ0) is 19.6. The fourth-order valence-electron chi connectivity index (χ4n) is 3.72. The lowest BCUT2D eigenvalue weighted by atomic mass is 9.83. The summed E-state index contributed by atoms with van der Waals surface area (Å²) in [6.07, 6.45) is -0.0817. The molecular formula is C22H25NO4. The summed E-state index contributed by atoms with van der Waals surface area (Å²) in [6.45, 7) is 5.27. The third-order valence-electron chi connectivity index (χ3n) is 5.47. The molecule has 0 bridgehead atoms. The van der Waals surface area contributed by atoms with Crippen LogP contribution in [0.1, 0.15) is 44.2 Å². The van der Waals surface area contributed by atoms with Crippen LogP contribution >= 0.6 is 0 Å². The van der Waals surface area contributed by atoms with Gasteiger partial charge in [0.15, 0.2) is 0 Å².